The smallest absolute Gasteiger partial charge is 0.223 e. The number of benzene rings is 1. The highest BCUT2D eigenvalue weighted by atomic mass is 16.5. The molecule has 96 valence electrons. The molecule has 0 saturated carbocycles. The Bertz CT molecular complexity index is 424. The molecule has 0 aromatic heterocycles. The molecular weight excluding hydrogens is 228 g/mol. The summed E-state index contributed by atoms with van der Waals surface area (Å²) in [6, 6.07) is 7.21. The fourth-order valence-electron chi connectivity index (χ4n) is 1.37. The number of para-hydroxylation sites is 2. The van der Waals surface area contributed by atoms with Crippen LogP contribution in [0.5, 0.6) is 5.75 Å². The minimum Gasteiger partial charge on any atom is -0.491 e. The normalized spacial score (nSPS) is 9.50. The third-order valence-corrected chi connectivity index (χ3v) is 2.33. The first kappa shape index (κ1) is 13.9. The Morgan fingerprint density at radius 2 is 2.22 bits per heavy atom. The molecule has 0 heterocycles. The highest BCUT2D eigenvalue weighted by molar-refractivity contribution is 5.75. The van der Waals surface area contributed by atoms with Crippen LogP contribution in [0.15, 0.2) is 24.3 Å². The number of terminal acetylenes is 1. The molecule has 0 bridgehead atoms. The fourth-order valence-corrected chi connectivity index (χ4v) is 1.37. The van der Waals surface area contributed by atoms with Gasteiger partial charge in [-0.1, -0.05) is 12.1 Å². The predicted molar refractivity (Wildman–Crippen MR) is 72.0 cm³/mol. The van der Waals surface area contributed by atoms with E-state index in [2.05, 4.69) is 11.2 Å². The number of nitrogen functional groups attached to an aromatic ring is 1. The molecule has 18 heavy (non-hydrogen) atoms. The van der Waals surface area contributed by atoms with Gasteiger partial charge < -0.3 is 15.8 Å². The Labute approximate surface area is 108 Å². The van der Waals surface area contributed by atoms with Crippen LogP contribution < -0.4 is 15.8 Å². The van der Waals surface area contributed by atoms with E-state index in [0.29, 0.717) is 37.4 Å². The first-order valence-corrected chi connectivity index (χ1v) is 5.91. The number of nitrogens with one attached hydrogen (secondary N) is 1. The van der Waals surface area contributed by atoms with Crippen molar-refractivity contribution >= 4 is 11.6 Å². The average Bonchev–Trinajstić information content (AvgIpc) is 2.37. The van der Waals surface area contributed by atoms with Crippen LogP contribution in [-0.2, 0) is 4.79 Å². The van der Waals surface area contributed by atoms with E-state index >= 15 is 0 Å². The van der Waals surface area contributed by atoms with Crippen molar-refractivity contribution in [2.45, 2.75) is 19.3 Å². The SMILES string of the molecule is C#CCCCNC(=O)CCOc1ccccc1N. The summed E-state index contributed by atoms with van der Waals surface area (Å²) in [4.78, 5) is 11.4. The number of ether oxygens (including phenoxy) is 1. The lowest BCUT2D eigenvalue weighted by atomic mass is 10.3. The zero-order chi connectivity index (χ0) is 13.2. The maximum absolute atomic E-state index is 11.4. The molecule has 1 amide bonds. The first-order chi connectivity index (χ1) is 8.74. The Kier molecular flexibility index (Phi) is 6.20. The molecule has 0 aliphatic rings. The molecule has 4 heteroatoms. The highest BCUT2D eigenvalue weighted by Crippen LogP contribution is 2.19. The Morgan fingerprint density at radius 3 is 2.94 bits per heavy atom. The van der Waals surface area contributed by atoms with Crippen LogP contribution in [0.2, 0.25) is 0 Å². The number of hydrogen-bond acceptors (Lipinski definition) is 3. The quantitative estimate of drug-likeness (QED) is 0.436. The van der Waals surface area contributed by atoms with Crippen molar-refractivity contribution in [1.82, 2.24) is 5.32 Å². The molecule has 0 radical (unpaired) electrons. The Balaban J connectivity index is 2.16. The van der Waals surface area contributed by atoms with Crippen LogP contribution >= 0.6 is 0 Å². The molecule has 0 fully saturated rings. The van der Waals surface area contributed by atoms with Gasteiger partial charge in [0.2, 0.25) is 5.91 Å². The summed E-state index contributed by atoms with van der Waals surface area (Å²) in [5.74, 6) is 3.09. The van der Waals surface area contributed by atoms with Gasteiger partial charge in [0.15, 0.2) is 0 Å². The van der Waals surface area contributed by atoms with Crippen molar-refractivity contribution in [3.05, 3.63) is 24.3 Å². The monoisotopic (exact) mass is 246 g/mol. The average molecular weight is 246 g/mol. The number of rotatable bonds is 7. The maximum Gasteiger partial charge on any atom is 0.223 e. The van der Waals surface area contributed by atoms with Crippen LogP contribution in [0, 0.1) is 12.3 Å². The molecule has 0 aliphatic heterocycles. The van der Waals surface area contributed by atoms with Gasteiger partial charge in [-0.25, -0.2) is 0 Å². The van der Waals surface area contributed by atoms with Gasteiger partial charge in [0.05, 0.1) is 18.7 Å². The van der Waals surface area contributed by atoms with Crippen LogP contribution in [-0.4, -0.2) is 19.1 Å². The topological polar surface area (TPSA) is 64.3 Å². The van der Waals surface area contributed by atoms with E-state index in [9.17, 15) is 4.79 Å². The number of carbonyl (C=O) groups is 1. The molecule has 1 aromatic rings. The third kappa shape index (κ3) is 5.26. The summed E-state index contributed by atoms with van der Waals surface area (Å²) < 4.78 is 5.42. The van der Waals surface area contributed by atoms with Gasteiger partial charge in [-0.2, -0.15) is 0 Å². The van der Waals surface area contributed by atoms with E-state index in [-0.39, 0.29) is 5.91 Å². The number of anilines is 1. The Hall–Kier alpha value is -2.15. The van der Waals surface area contributed by atoms with Gasteiger partial charge in [-0.3, -0.25) is 4.79 Å². The van der Waals surface area contributed by atoms with E-state index in [1.54, 1.807) is 12.1 Å². The van der Waals surface area contributed by atoms with Gasteiger partial charge in [0, 0.05) is 13.0 Å². The summed E-state index contributed by atoms with van der Waals surface area (Å²) in [5.41, 5.74) is 6.28. The van der Waals surface area contributed by atoms with E-state index in [1.165, 1.54) is 0 Å². The van der Waals surface area contributed by atoms with Crippen molar-refractivity contribution in [2.75, 3.05) is 18.9 Å². The van der Waals surface area contributed by atoms with Gasteiger partial charge in [-0.15, -0.1) is 12.3 Å². The predicted octanol–water partition coefficient (Wildman–Crippen LogP) is 1.57. The van der Waals surface area contributed by atoms with E-state index < -0.39 is 0 Å². The van der Waals surface area contributed by atoms with Gasteiger partial charge >= 0.3 is 0 Å². The minimum atomic E-state index is -0.0403. The molecule has 0 spiro atoms. The molecule has 0 unspecified atom stereocenters. The van der Waals surface area contributed by atoms with Crippen LogP contribution in [0.1, 0.15) is 19.3 Å². The lowest BCUT2D eigenvalue weighted by molar-refractivity contribution is -0.121. The molecule has 0 atom stereocenters. The van der Waals surface area contributed by atoms with E-state index in [4.69, 9.17) is 16.9 Å². The molecule has 0 aliphatic carbocycles. The highest BCUT2D eigenvalue weighted by Gasteiger charge is 2.02. The number of carbonyl (C=O) groups excluding carboxylic acids is 1. The largest absolute Gasteiger partial charge is 0.491 e. The van der Waals surface area contributed by atoms with Crippen LogP contribution in [0.3, 0.4) is 0 Å². The molecule has 0 saturated heterocycles. The minimum absolute atomic E-state index is 0.0403. The van der Waals surface area contributed by atoms with Gasteiger partial charge in [0.25, 0.3) is 0 Å². The van der Waals surface area contributed by atoms with Crippen molar-refractivity contribution in [1.29, 1.82) is 0 Å². The van der Waals surface area contributed by atoms with E-state index in [1.807, 2.05) is 12.1 Å². The standard InChI is InChI=1S/C14H18N2O2/c1-2-3-6-10-16-14(17)9-11-18-13-8-5-4-7-12(13)15/h1,4-5,7-8H,3,6,9-11,15H2,(H,16,17). The number of amides is 1. The second kappa shape index (κ2) is 8.02. The molecular formula is C14H18N2O2. The third-order valence-electron chi connectivity index (χ3n) is 2.33. The van der Waals surface area contributed by atoms with Gasteiger partial charge in [-0.05, 0) is 18.6 Å². The van der Waals surface area contributed by atoms with Crippen LogP contribution in [0.25, 0.3) is 0 Å². The van der Waals surface area contributed by atoms with Crippen molar-refractivity contribution < 1.29 is 9.53 Å². The van der Waals surface area contributed by atoms with E-state index in [0.717, 1.165) is 6.42 Å². The fraction of sp³-hybridized carbons (Fsp3) is 0.357. The summed E-state index contributed by atoms with van der Waals surface area (Å²) in [5, 5.41) is 2.77. The summed E-state index contributed by atoms with van der Waals surface area (Å²) in [6.07, 6.45) is 6.90. The van der Waals surface area contributed by atoms with Crippen molar-refractivity contribution in [3.8, 4) is 18.1 Å². The second-order valence-electron chi connectivity index (χ2n) is 3.79. The molecule has 1 aromatic carbocycles. The zero-order valence-corrected chi connectivity index (χ0v) is 10.3. The number of hydrogen-bond donors (Lipinski definition) is 2. The number of unbranched alkanes of at least 4 members (excludes halogenated alkanes) is 1. The number of nitrogens with two attached hydrogens (primary N) is 1. The van der Waals surface area contributed by atoms with Crippen molar-refractivity contribution in [2.24, 2.45) is 0 Å². The van der Waals surface area contributed by atoms with Crippen molar-refractivity contribution in [3.63, 3.8) is 0 Å². The molecule has 4 nitrogen and oxygen atoms in total. The first-order valence-electron chi connectivity index (χ1n) is 5.91. The summed E-state index contributed by atoms with van der Waals surface area (Å²) in [6.45, 7) is 0.922. The Morgan fingerprint density at radius 1 is 1.44 bits per heavy atom. The lowest BCUT2D eigenvalue weighted by Crippen LogP contribution is -2.25. The van der Waals surface area contributed by atoms with Crippen LogP contribution in [0.4, 0.5) is 5.69 Å². The van der Waals surface area contributed by atoms with Gasteiger partial charge in [0.1, 0.15) is 5.75 Å². The second-order valence-corrected chi connectivity index (χ2v) is 3.79. The lowest BCUT2D eigenvalue weighted by Gasteiger charge is -2.08. The summed E-state index contributed by atoms with van der Waals surface area (Å²) in [7, 11) is 0. The molecule has 3 N–H and O–H groups in total. The summed E-state index contributed by atoms with van der Waals surface area (Å²) >= 11 is 0. The molecule has 1 rings (SSSR count). The zero-order valence-electron chi connectivity index (χ0n) is 10.3. The maximum atomic E-state index is 11.4.